The molecule has 96 valence electrons. The molecular formula is C13H18BrFO2. The van der Waals surface area contributed by atoms with Crippen molar-refractivity contribution in [3.63, 3.8) is 0 Å². The summed E-state index contributed by atoms with van der Waals surface area (Å²) in [6, 6.07) is 4.98. The third-order valence-corrected chi connectivity index (χ3v) is 3.31. The lowest BCUT2D eigenvalue weighted by molar-refractivity contribution is 0.00513. The van der Waals surface area contributed by atoms with Gasteiger partial charge in [0.05, 0.1) is 12.2 Å². The van der Waals surface area contributed by atoms with Gasteiger partial charge in [0.2, 0.25) is 0 Å². The summed E-state index contributed by atoms with van der Waals surface area (Å²) in [7, 11) is 1.66. The summed E-state index contributed by atoms with van der Waals surface area (Å²) in [6.07, 6.45) is 0.711. The molecule has 0 unspecified atom stereocenters. The number of rotatable bonds is 6. The lowest BCUT2D eigenvalue weighted by atomic mass is 10.1. The Kier molecular flexibility index (Phi) is 5.40. The summed E-state index contributed by atoms with van der Waals surface area (Å²) < 4.78 is 24.2. The van der Waals surface area contributed by atoms with Crippen LogP contribution in [0.5, 0.6) is 5.75 Å². The van der Waals surface area contributed by atoms with Crippen LogP contribution in [0.4, 0.5) is 4.39 Å². The van der Waals surface area contributed by atoms with E-state index < -0.39 is 0 Å². The molecular weight excluding hydrogens is 287 g/mol. The van der Waals surface area contributed by atoms with Crippen LogP contribution in [0.3, 0.4) is 0 Å². The molecule has 1 rings (SSSR count). The Morgan fingerprint density at radius 2 is 2.06 bits per heavy atom. The van der Waals surface area contributed by atoms with Gasteiger partial charge in [-0.2, -0.15) is 0 Å². The summed E-state index contributed by atoms with van der Waals surface area (Å²) in [4.78, 5) is 0. The number of halogens is 2. The monoisotopic (exact) mass is 304 g/mol. The van der Waals surface area contributed by atoms with Gasteiger partial charge in [-0.1, -0.05) is 22.0 Å². The van der Waals surface area contributed by atoms with E-state index in [1.807, 2.05) is 19.9 Å². The first-order valence-corrected chi connectivity index (χ1v) is 6.63. The normalized spacial score (nSPS) is 11.6. The maximum Gasteiger partial charge on any atom is 0.165 e. The Hall–Kier alpha value is -0.610. The van der Waals surface area contributed by atoms with Crippen molar-refractivity contribution in [1.82, 2.24) is 0 Å². The van der Waals surface area contributed by atoms with Gasteiger partial charge in [-0.3, -0.25) is 0 Å². The fraction of sp³-hybridized carbons (Fsp3) is 0.538. The van der Waals surface area contributed by atoms with Gasteiger partial charge < -0.3 is 9.47 Å². The minimum Gasteiger partial charge on any atom is -0.490 e. The van der Waals surface area contributed by atoms with Crippen molar-refractivity contribution in [3.05, 3.63) is 29.6 Å². The molecule has 1 aromatic carbocycles. The van der Waals surface area contributed by atoms with E-state index in [9.17, 15) is 4.39 Å². The van der Waals surface area contributed by atoms with Gasteiger partial charge in [0.25, 0.3) is 0 Å². The Morgan fingerprint density at radius 1 is 1.35 bits per heavy atom. The van der Waals surface area contributed by atoms with E-state index in [1.165, 1.54) is 6.07 Å². The molecule has 0 atom stereocenters. The van der Waals surface area contributed by atoms with Crippen molar-refractivity contribution in [3.8, 4) is 5.75 Å². The zero-order valence-corrected chi connectivity index (χ0v) is 12.0. The molecule has 0 amide bonds. The molecule has 17 heavy (non-hydrogen) atoms. The molecule has 2 nitrogen and oxygen atoms in total. The molecule has 0 saturated carbocycles. The summed E-state index contributed by atoms with van der Waals surface area (Å²) in [5.41, 5.74) is 0.652. The van der Waals surface area contributed by atoms with Gasteiger partial charge in [0, 0.05) is 18.9 Å². The van der Waals surface area contributed by atoms with Gasteiger partial charge in [0.15, 0.2) is 11.6 Å². The molecule has 0 heterocycles. The summed E-state index contributed by atoms with van der Waals surface area (Å²) in [5.74, 6) is -0.0289. The summed E-state index contributed by atoms with van der Waals surface area (Å²) >= 11 is 3.28. The molecule has 0 aromatic heterocycles. The van der Waals surface area contributed by atoms with Crippen LogP contribution in [-0.4, -0.2) is 19.3 Å². The predicted octanol–water partition coefficient (Wildman–Crippen LogP) is 3.91. The third-order valence-electron chi connectivity index (χ3n) is 2.66. The molecule has 0 aliphatic carbocycles. The molecule has 0 fully saturated rings. The van der Waals surface area contributed by atoms with Crippen LogP contribution in [0.1, 0.15) is 25.8 Å². The van der Waals surface area contributed by atoms with Crippen LogP contribution in [0.15, 0.2) is 18.2 Å². The molecule has 4 heteroatoms. The lowest BCUT2D eigenvalue weighted by Gasteiger charge is -2.22. The molecule has 0 N–H and O–H groups in total. The SMILES string of the molecule is COC(C)(C)CCOc1ccc(CBr)cc1F. The van der Waals surface area contributed by atoms with Crippen LogP contribution in [0.25, 0.3) is 0 Å². The van der Waals surface area contributed by atoms with Crippen molar-refractivity contribution in [2.24, 2.45) is 0 Å². The Balaban J connectivity index is 2.52. The highest BCUT2D eigenvalue weighted by atomic mass is 79.9. The highest BCUT2D eigenvalue weighted by Gasteiger charge is 2.16. The van der Waals surface area contributed by atoms with Gasteiger partial charge in [0.1, 0.15) is 0 Å². The van der Waals surface area contributed by atoms with E-state index in [1.54, 1.807) is 13.2 Å². The van der Waals surface area contributed by atoms with E-state index in [0.29, 0.717) is 24.1 Å². The van der Waals surface area contributed by atoms with Gasteiger partial charge in [-0.05, 0) is 31.5 Å². The van der Waals surface area contributed by atoms with Crippen LogP contribution < -0.4 is 4.74 Å². The number of hydrogen-bond acceptors (Lipinski definition) is 2. The maximum absolute atomic E-state index is 13.6. The molecule has 1 aromatic rings. The van der Waals surface area contributed by atoms with Crippen molar-refractivity contribution in [1.29, 1.82) is 0 Å². The zero-order chi connectivity index (χ0) is 12.9. The number of benzene rings is 1. The second-order valence-corrected chi connectivity index (χ2v) is 5.02. The number of methoxy groups -OCH3 is 1. The zero-order valence-electron chi connectivity index (χ0n) is 10.4. The van der Waals surface area contributed by atoms with Gasteiger partial charge in [-0.15, -0.1) is 0 Å². The van der Waals surface area contributed by atoms with E-state index in [4.69, 9.17) is 9.47 Å². The predicted molar refractivity (Wildman–Crippen MR) is 70.2 cm³/mol. The fourth-order valence-corrected chi connectivity index (χ4v) is 1.60. The molecule has 0 spiro atoms. The molecule has 0 bridgehead atoms. The van der Waals surface area contributed by atoms with E-state index in [0.717, 1.165) is 5.56 Å². The first-order valence-electron chi connectivity index (χ1n) is 5.51. The lowest BCUT2D eigenvalue weighted by Crippen LogP contribution is -2.25. The Bertz CT molecular complexity index is 366. The molecule has 0 aliphatic heterocycles. The van der Waals surface area contributed by atoms with Gasteiger partial charge in [-0.25, -0.2) is 4.39 Å². The molecule has 0 saturated heterocycles. The van der Waals surface area contributed by atoms with E-state index >= 15 is 0 Å². The van der Waals surface area contributed by atoms with Crippen LogP contribution in [0.2, 0.25) is 0 Å². The van der Waals surface area contributed by atoms with Crippen molar-refractivity contribution < 1.29 is 13.9 Å². The summed E-state index contributed by atoms with van der Waals surface area (Å²) in [6.45, 7) is 4.38. The minimum absolute atomic E-state index is 0.244. The van der Waals surface area contributed by atoms with Crippen LogP contribution in [-0.2, 0) is 10.1 Å². The largest absolute Gasteiger partial charge is 0.490 e. The quantitative estimate of drug-likeness (QED) is 0.742. The maximum atomic E-state index is 13.6. The number of ether oxygens (including phenoxy) is 2. The smallest absolute Gasteiger partial charge is 0.165 e. The standard InChI is InChI=1S/C13H18BrFO2/c1-13(2,16-3)6-7-17-12-5-4-10(9-14)8-11(12)15/h4-5,8H,6-7,9H2,1-3H3. The molecule has 0 radical (unpaired) electrons. The second kappa shape index (κ2) is 6.36. The Morgan fingerprint density at radius 3 is 2.59 bits per heavy atom. The van der Waals surface area contributed by atoms with Crippen molar-refractivity contribution >= 4 is 15.9 Å². The van der Waals surface area contributed by atoms with Crippen molar-refractivity contribution in [2.75, 3.05) is 13.7 Å². The summed E-state index contributed by atoms with van der Waals surface area (Å²) in [5, 5.41) is 0.640. The average Bonchev–Trinajstić information content (AvgIpc) is 2.31. The third kappa shape index (κ3) is 4.64. The topological polar surface area (TPSA) is 18.5 Å². The minimum atomic E-state index is -0.322. The average molecular weight is 305 g/mol. The van der Waals surface area contributed by atoms with Crippen molar-refractivity contribution in [2.45, 2.75) is 31.2 Å². The van der Waals surface area contributed by atoms with Crippen LogP contribution >= 0.6 is 15.9 Å². The van der Waals surface area contributed by atoms with Gasteiger partial charge >= 0.3 is 0 Å². The number of hydrogen-bond donors (Lipinski definition) is 0. The molecule has 0 aliphatic rings. The highest BCUT2D eigenvalue weighted by Crippen LogP contribution is 2.21. The number of alkyl halides is 1. The first-order chi connectivity index (χ1) is 7.98. The van der Waals surface area contributed by atoms with E-state index in [2.05, 4.69) is 15.9 Å². The highest BCUT2D eigenvalue weighted by molar-refractivity contribution is 9.08. The second-order valence-electron chi connectivity index (χ2n) is 4.46. The van der Waals surface area contributed by atoms with Crippen LogP contribution in [0, 0.1) is 5.82 Å². The fourth-order valence-electron chi connectivity index (χ4n) is 1.25. The van der Waals surface area contributed by atoms with E-state index in [-0.39, 0.29) is 11.4 Å². The Labute approximate surface area is 110 Å². The first kappa shape index (κ1) is 14.5.